The smallest absolute Gasteiger partial charge is 0.268 e. The Kier molecular flexibility index (Phi) is 2.78. The number of aryl methyl sites for hydroxylation is 1. The average Bonchev–Trinajstić information content (AvgIpc) is 2.79. The molecule has 5 heteroatoms. The summed E-state index contributed by atoms with van der Waals surface area (Å²) in [7, 11) is 1.80. The minimum atomic E-state index is -4.36. The summed E-state index contributed by atoms with van der Waals surface area (Å²) in [5, 5.41) is 4.92. The van der Waals surface area contributed by atoms with Gasteiger partial charge >= 0.3 is 6.18 Å². The molecule has 0 saturated carbocycles. The van der Waals surface area contributed by atoms with Crippen LogP contribution in [0.3, 0.4) is 0 Å². The number of halogens is 3. The molecule has 3 rings (SSSR count). The fourth-order valence-corrected chi connectivity index (χ4v) is 2.31. The fourth-order valence-electron chi connectivity index (χ4n) is 2.31. The van der Waals surface area contributed by atoms with Gasteiger partial charge in [0.1, 0.15) is 0 Å². The van der Waals surface area contributed by atoms with E-state index in [-0.39, 0.29) is 5.56 Å². The van der Waals surface area contributed by atoms with Crippen LogP contribution in [-0.2, 0) is 13.2 Å². The van der Waals surface area contributed by atoms with E-state index >= 15 is 0 Å². The van der Waals surface area contributed by atoms with Gasteiger partial charge in [-0.05, 0) is 29.3 Å². The molecule has 1 heterocycles. The van der Waals surface area contributed by atoms with Crippen molar-refractivity contribution < 1.29 is 13.2 Å². The van der Waals surface area contributed by atoms with Gasteiger partial charge in [0.05, 0.1) is 17.3 Å². The molecule has 0 amide bonds. The van der Waals surface area contributed by atoms with Crippen molar-refractivity contribution in [1.29, 1.82) is 0 Å². The van der Waals surface area contributed by atoms with Crippen LogP contribution in [-0.4, -0.2) is 9.78 Å². The molecule has 0 unspecified atom stereocenters. The minimum Gasteiger partial charge on any atom is -0.268 e. The summed E-state index contributed by atoms with van der Waals surface area (Å²) in [5.74, 6) is 0. The van der Waals surface area contributed by atoms with Gasteiger partial charge < -0.3 is 0 Å². The van der Waals surface area contributed by atoms with E-state index in [0.29, 0.717) is 5.56 Å². The molecule has 0 aliphatic carbocycles. The number of rotatable bonds is 1. The molecule has 20 heavy (non-hydrogen) atoms. The zero-order valence-corrected chi connectivity index (χ0v) is 10.6. The summed E-state index contributed by atoms with van der Waals surface area (Å²) in [5.41, 5.74) is 0.991. The topological polar surface area (TPSA) is 17.8 Å². The van der Waals surface area contributed by atoms with Crippen molar-refractivity contribution in [2.75, 3.05) is 0 Å². The number of hydrogen-bond donors (Lipinski definition) is 0. The van der Waals surface area contributed by atoms with E-state index < -0.39 is 11.7 Å². The molecular formula is C15H11F3N2. The van der Waals surface area contributed by atoms with Gasteiger partial charge in [-0.25, -0.2) is 0 Å². The highest BCUT2D eigenvalue weighted by Crippen LogP contribution is 2.37. The summed E-state index contributed by atoms with van der Waals surface area (Å²) in [6.07, 6.45) is -2.71. The predicted octanol–water partition coefficient (Wildman–Crippen LogP) is 4.26. The van der Waals surface area contributed by atoms with Crippen molar-refractivity contribution in [3.63, 3.8) is 0 Å². The van der Waals surface area contributed by atoms with E-state index in [2.05, 4.69) is 5.10 Å². The zero-order valence-electron chi connectivity index (χ0n) is 10.6. The highest BCUT2D eigenvalue weighted by molar-refractivity contribution is 5.85. The first-order chi connectivity index (χ1) is 9.47. The monoisotopic (exact) mass is 276 g/mol. The maximum Gasteiger partial charge on any atom is 0.417 e. The van der Waals surface area contributed by atoms with Crippen LogP contribution in [0.25, 0.3) is 22.0 Å². The van der Waals surface area contributed by atoms with Crippen LogP contribution in [0.4, 0.5) is 13.2 Å². The van der Waals surface area contributed by atoms with Gasteiger partial charge in [0.2, 0.25) is 0 Å². The van der Waals surface area contributed by atoms with Crippen LogP contribution >= 0.6 is 0 Å². The van der Waals surface area contributed by atoms with Crippen LogP contribution in [0.1, 0.15) is 5.56 Å². The second kappa shape index (κ2) is 4.37. The maximum absolute atomic E-state index is 13.0. The first-order valence-corrected chi connectivity index (χ1v) is 6.05. The molecule has 2 nitrogen and oxygen atoms in total. The van der Waals surface area contributed by atoms with Crippen LogP contribution in [0.2, 0.25) is 0 Å². The fraction of sp³-hybridized carbons (Fsp3) is 0.133. The molecule has 0 bridgehead atoms. The summed E-state index contributed by atoms with van der Waals surface area (Å²) >= 11 is 0. The first kappa shape index (κ1) is 12.7. The van der Waals surface area contributed by atoms with Gasteiger partial charge in [-0.15, -0.1) is 0 Å². The van der Waals surface area contributed by atoms with E-state index in [1.807, 2.05) is 0 Å². The number of hydrogen-bond acceptors (Lipinski definition) is 1. The molecule has 2 aromatic carbocycles. The molecule has 0 saturated heterocycles. The van der Waals surface area contributed by atoms with Gasteiger partial charge in [0.25, 0.3) is 0 Å². The lowest BCUT2D eigenvalue weighted by molar-refractivity contribution is -0.137. The number of alkyl halides is 3. The van der Waals surface area contributed by atoms with Crippen LogP contribution in [0.5, 0.6) is 0 Å². The quantitative estimate of drug-likeness (QED) is 0.649. The van der Waals surface area contributed by atoms with Crippen LogP contribution in [0.15, 0.2) is 48.7 Å². The molecule has 0 atom stereocenters. The SMILES string of the molecule is Cn1ncc2cc(-c3ccccc3C(F)(F)F)ccc21. The van der Waals surface area contributed by atoms with Crippen molar-refractivity contribution >= 4 is 10.9 Å². The molecule has 3 aromatic rings. The molecular weight excluding hydrogens is 265 g/mol. The van der Waals surface area contributed by atoms with Crippen molar-refractivity contribution in [2.24, 2.45) is 7.05 Å². The molecule has 1 aromatic heterocycles. The lowest BCUT2D eigenvalue weighted by Gasteiger charge is -2.12. The Morgan fingerprint density at radius 3 is 2.55 bits per heavy atom. The summed E-state index contributed by atoms with van der Waals surface area (Å²) in [4.78, 5) is 0. The largest absolute Gasteiger partial charge is 0.417 e. The van der Waals surface area contributed by atoms with E-state index in [4.69, 9.17) is 0 Å². The van der Waals surface area contributed by atoms with Crippen molar-refractivity contribution in [2.45, 2.75) is 6.18 Å². The lowest BCUT2D eigenvalue weighted by Crippen LogP contribution is -2.06. The molecule has 0 aliphatic heterocycles. The third-order valence-corrected chi connectivity index (χ3v) is 3.29. The van der Waals surface area contributed by atoms with Crippen molar-refractivity contribution in [3.8, 4) is 11.1 Å². The second-order valence-electron chi connectivity index (χ2n) is 4.59. The minimum absolute atomic E-state index is 0.186. The molecule has 0 radical (unpaired) electrons. The van der Waals surface area contributed by atoms with Crippen LogP contribution < -0.4 is 0 Å². The van der Waals surface area contributed by atoms with Crippen molar-refractivity contribution in [3.05, 3.63) is 54.2 Å². The van der Waals surface area contributed by atoms with E-state index in [9.17, 15) is 13.2 Å². The predicted molar refractivity (Wildman–Crippen MR) is 71.2 cm³/mol. The van der Waals surface area contributed by atoms with E-state index in [1.54, 1.807) is 42.2 Å². The highest BCUT2D eigenvalue weighted by atomic mass is 19.4. The van der Waals surface area contributed by atoms with Gasteiger partial charge in [-0.1, -0.05) is 24.3 Å². The average molecular weight is 276 g/mol. The van der Waals surface area contributed by atoms with E-state index in [1.165, 1.54) is 12.1 Å². The Morgan fingerprint density at radius 2 is 1.80 bits per heavy atom. The Balaban J connectivity index is 2.21. The van der Waals surface area contributed by atoms with Gasteiger partial charge in [0, 0.05) is 12.4 Å². The highest BCUT2D eigenvalue weighted by Gasteiger charge is 2.33. The van der Waals surface area contributed by atoms with Gasteiger partial charge in [0.15, 0.2) is 0 Å². The zero-order chi connectivity index (χ0) is 14.3. The van der Waals surface area contributed by atoms with Crippen molar-refractivity contribution in [1.82, 2.24) is 9.78 Å². The first-order valence-electron chi connectivity index (χ1n) is 6.05. The Labute approximate surface area is 113 Å². The number of aromatic nitrogens is 2. The lowest BCUT2D eigenvalue weighted by atomic mass is 9.98. The Bertz CT molecular complexity index is 772. The summed E-state index contributed by atoms with van der Waals surface area (Å²) < 4.78 is 40.8. The molecule has 102 valence electrons. The standard InChI is InChI=1S/C15H11F3N2/c1-20-14-7-6-10(8-11(14)9-19-20)12-4-2-3-5-13(12)15(16,17)18/h2-9H,1H3. The third-order valence-electron chi connectivity index (χ3n) is 3.29. The number of benzene rings is 2. The second-order valence-corrected chi connectivity index (χ2v) is 4.59. The molecule has 0 N–H and O–H groups in total. The molecule has 0 aliphatic rings. The summed E-state index contributed by atoms with van der Waals surface area (Å²) in [6.45, 7) is 0. The number of fused-ring (bicyclic) bond motifs is 1. The van der Waals surface area contributed by atoms with Gasteiger partial charge in [-0.2, -0.15) is 18.3 Å². The third kappa shape index (κ3) is 2.05. The molecule has 0 fully saturated rings. The van der Waals surface area contributed by atoms with Crippen LogP contribution in [0, 0.1) is 0 Å². The Morgan fingerprint density at radius 1 is 1.05 bits per heavy atom. The number of nitrogens with zero attached hydrogens (tertiary/aromatic N) is 2. The Hall–Kier alpha value is -2.30. The van der Waals surface area contributed by atoms with E-state index in [0.717, 1.165) is 17.0 Å². The molecule has 0 spiro atoms. The van der Waals surface area contributed by atoms with Gasteiger partial charge in [-0.3, -0.25) is 4.68 Å². The maximum atomic E-state index is 13.0. The summed E-state index contributed by atoms with van der Waals surface area (Å²) in [6, 6.07) is 10.8. The normalized spacial score (nSPS) is 12.0.